The van der Waals surface area contributed by atoms with Gasteiger partial charge < -0.3 is 4.90 Å². The number of aromatic nitrogens is 1. The maximum absolute atomic E-state index is 13.1. The van der Waals surface area contributed by atoms with Crippen molar-refractivity contribution in [1.82, 2.24) is 9.47 Å². The van der Waals surface area contributed by atoms with E-state index in [0.29, 0.717) is 21.3 Å². The van der Waals surface area contributed by atoms with Gasteiger partial charge in [-0.2, -0.15) is 5.26 Å². The summed E-state index contributed by atoms with van der Waals surface area (Å²) in [7, 11) is 1.72. The first-order valence-corrected chi connectivity index (χ1v) is 12.3. The summed E-state index contributed by atoms with van der Waals surface area (Å²) >= 11 is 6.78. The topological polar surface area (TPSA) is 69.3 Å². The molecule has 0 bridgehead atoms. The minimum absolute atomic E-state index is 0.0836. The minimum Gasteiger partial charge on any atom is -0.357 e. The molecule has 2 aliphatic heterocycles. The molecule has 1 aromatic heterocycles. The highest BCUT2D eigenvalue weighted by molar-refractivity contribution is 8.26. The van der Waals surface area contributed by atoms with Crippen LogP contribution in [0.3, 0.4) is 0 Å². The van der Waals surface area contributed by atoms with E-state index in [9.17, 15) is 14.9 Å². The van der Waals surface area contributed by atoms with Crippen molar-refractivity contribution in [2.45, 2.75) is 58.8 Å². The Hall–Kier alpha value is -2.11. The summed E-state index contributed by atoms with van der Waals surface area (Å²) in [5, 5.41) is 9.61. The number of pyridine rings is 1. The lowest BCUT2D eigenvalue weighted by molar-refractivity contribution is -0.122. The van der Waals surface area contributed by atoms with Crippen molar-refractivity contribution in [3.8, 4) is 6.07 Å². The number of carbonyl (C=O) groups excluding carboxylic acids is 1. The van der Waals surface area contributed by atoms with Crippen molar-refractivity contribution in [3.63, 3.8) is 0 Å². The predicted molar refractivity (Wildman–Crippen MR) is 131 cm³/mol. The standard InChI is InChI=1S/C23H30N4O2S2/c1-4-5-8-13-27-22(29)19(31-23(27)30)14-17-16(2)18(15-24)21(28)25(3)20(17)26-11-9-6-7-10-12-26/h14H,4-13H2,1-3H3/b19-14-. The minimum atomic E-state index is -0.288. The number of anilines is 1. The normalized spacial score (nSPS) is 18.6. The monoisotopic (exact) mass is 458 g/mol. The molecular weight excluding hydrogens is 428 g/mol. The van der Waals surface area contributed by atoms with Gasteiger partial charge in [0.1, 0.15) is 21.8 Å². The summed E-state index contributed by atoms with van der Waals surface area (Å²) in [6, 6.07) is 2.07. The molecule has 2 saturated heterocycles. The van der Waals surface area contributed by atoms with Gasteiger partial charge in [0.05, 0.1) is 4.91 Å². The second kappa shape index (κ2) is 10.5. The van der Waals surface area contributed by atoms with E-state index in [-0.39, 0.29) is 17.0 Å². The molecule has 0 N–H and O–H groups in total. The van der Waals surface area contributed by atoms with E-state index in [1.165, 1.54) is 24.6 Å². The van der Waals surface area contributed by atoms with Gasteiger partial charge in [-0.15, -0.1) is 0 Å². The summed E-state index contributed by atoms with van der Waals surface area (Å²) in [5.74, 6) is 0.708. The van der Waals surface area contributed by atoms with Crippen LogP contribution < -0.4 is 10.5 Å². The Balaban J connectivity index is 2.08. The van der Waals surface area contributed by atoms with Crippen molar-refractivity contribution in [2.24, 2.45) is 7.05 Å². The zero-order chi connectivity index (χ0) is 22.5. The first-order valence-electron chi connectivity index (χ1n) is 11.0. The van der Waals surface area contributed by atoms with Crippen LogP contribution in [0.5, 0.6) is 0 Å². The number of rotatable bonds is 6. The van der Waals surface area contributed by atoms with Crippen LogP contribution in [-0.2, 0) is 11.8 Å². The number of hydrogen-bond acceptors (Lipinski definition) is 6. The van der Waals surface area contributed by atoms with Crippen LogP contribution in [-0.4, -0.2) is 39.3 Å². The van der Waals surface area contributed by atoms with Crippen LogP contribution in [0.1, 0.15) is 68.6 Å². The molecule has 2 fully saturated rings. The van der Waals surface area contributed by atoms with E-state index < -0.39 is 0 Å². The molecular formula is C23H30N4O2S2. The first-order chi connectivity index (χ1) is 14.9. The first kappa shape index (κ1) is 23.6. The SMILES string of the molecule is CCCCCN1C(=O)/C(=C/c2c(C)c(C#N)c(=O)n(C)c2N2CCCCCC2)SC1=S. The summed E-state index contributed by atoms with van der Waals surface area (Å²) in [6.07, 6.45) is 9.37. The third-order valence-electron chi connectivity index (χ3n) is 6.01. The van der Waals surface area contributed by atoms with Crippen LogP contribution in [0.15, 0.2) is 9.70 Å². The second-order valence-electron chi connectivity index (χ2n) is 8.15. The number of unbranched alkanes of at least 4 members (excludes halogenated alkanes) is 2. The van der Waals surface area contributed by atoms with E-state index in [1.54, 1.807) is 23.4 Å². The van der Waals surface area contributed by atoms with Crippen molar-refractivity contribution < 1.29 is 4.79 Å². The average Bonchev–Trinajstić information content (AvgIpc) is 2.93. The molecule has 3 rings (SSSR count). The molecule has 0 aliphatic carbocycles. The molecule has 0 spiro atoms. The van der Waals surface area contributed by atoms with Crippen LogP contribution in [0.2, 0.25) is 0 Å². The molecule has 2 aliphatic rings. The molecule has 8 heteroatoms. The molecule has 166 valence electrons. The molecule has 0 aromatic carbocycles. The van der Waals surface area contributed by atoms with Gasteiger partial charge in [0.25, 0.3) is 11.5 Å². The molecule has 0 unspecified atom stereocenters. The highest BCUT2D eigenvalue weighted by atomic mass is 32.2. The van der Waals surface area contributed by atoms with Crippen molar-refractivity contribution in [2.75, 3.05) is 24.5 Å². The van der Waals surface area contributed by atoms with E-state index in [1.807, 2.05) is 6.08 Å². The lowest BCUT2D eigenvalue weighted by Gasteiger charge is -2.28. The molecule has 0 radical (unpaired) electrons. The quantitative estimate of drug-likeness (QED) is 0.359. The molecule has 1 aromatic rings. The van der Waals surface area contributed by atoms with Gasteiger partial charge in [0, 0.05) is 32.2 Å². The fraction of sp³-hybridized carbons (Fsp3) is 0.565. The van der Waals surface area contributed by atoms with Gasteiger partial charge in [-0.05, 0) is 37.8 Å². The van der Waals surface area contributed by atoms with Crippen LogP contribution >= 0.6 is 24.0 Å². The van der Waals surface area contributed by atoms with Gasteiger partial charge >= 0.3 is 0 Å². The molecule has 31 heavy (non-hydrogen) atoms. The summed E-state index contributed by atoms with van der Waals surface area (Å²) in [4.78, 5) is 30.4. The van der Waals surface area contributed by atoms with Crippen molar-refractivity contribution in [1.29, 1.82) is 5.26 Å². The van der Waals surface area contributed by atoms with Gasteiger partial charge in [-0.3, -0.25) is 19.1 Å². The number of thiocarbonyl (C=S) groups is 1. The largest absolute Gasteiger partial charge is 0.357 e. The van der Waals surface area contributed by atoms with Gasteiger partial charge in [0.15, 0.2) is 0 Å². The third-order valence-corrected chi connectivity index (χ3v) is 7.39. The molecule has 0 saturated carbocycles. The van der Waals surface area contributed by atoms with E-state index >= 15 is 0 Å². The van der Waals surface area contributed by atoms with Crippen LogP contribution in [0.25, 0.3) is 6.08 Å². The van der Waals surface area contributed by atoms with E-state index in [4.69, 9.17) is 12.2 Å². The Morgan fingerprint density at radius 1 is 1.16 bits per heavy atom. The predicted octanol–water partition coefficient (Wildman–Crippen LogP) is 4.34. The summed E-state index contributed by atoms with van der Waals surface area (Å²) in [5.41, 5.74) is 1.24. The molecule has 3 heterocycles. The Morgan fingerprint density at radius 2 is 1.84 bits per heavy atom. The van der Waals surface area contributed by atoms with E-state index in [0.717, 1.165) is 56.6 Å². The Labute approximate surface area is 193 Å². The number of carbonyl (C=O) groups is 1. The Kier molecular flexibility index (Phi) is 7.95. The highest BCUT2D eigenvalue weighted by Crippen LogP contribution is 2.36. The Morgan fingerprint density at radius 3 is 2.45 bits per heavy atom. The number of nitriles is 1. The maximum Gasteiger partial charge on any atom is 0.270 e. The fourth-order valence-electron chi connectivity index (χ4n) is 4.22. The smallest absolute Gasteiger partial charge is 0.270 e. The maximum atomic E-state index is 13.1. The second-order valence-corrected chi connectivity index (χ2v) is 9.83. The van der Waals surface area contributed by atoms with Crippen LogP contribution in [0, 0.1) is 18.3 Å². The molecule has 0 atom stereocenters. The summed E-state index contributed by atoms with van der Waals surface area (Å²) < 4.78 is 2.15. The number of amides is 1. The van der Waals surface area contributed by atoms with Crippen molar-refractivity contribution in [3.05, 3.63) is 31.9 Å². The third kappa shape index (κ3) is 4.88. The zero-order valence-corrected chi connectivity index (χ0v) is 20.2. The average molecular weight is 459 g/mol. The fourth-order valence-corrected chi connectivity index (χ4v) is 5.51. The lowest BCUT2D eigenvalue weighted by Crippen LogP contribution is -2.34. The van der Waals surface area contributed by atoms with Crippen LogP contribution in [0.4, 0.5) is 5.82 Å². The Bertz CT molecular complexity index is 998. The number of hydrogen-bond donors (Lipinski definition) is 0. The highest BCUT2D eigenvalue weighted by Gasteiger charge is 2.32. The van der Waals surface area contributed by atoms with Gasteiger partial charge in [-0.25, -0.2) is 0 Å². The molecule has 1 amide bonds. The van der Waals surface area contributed by atoms with E-state index in [2.05, 4.69) is 17.9 Å². The summed E-state index contributed by atoms with van der Waals surface area (Å²) in [6.45, 7) is 6.28. The number of thioether (sulfide) groups is 1. The van der Waals surface area contributed by atoms with Gasteiger partial charge in [0.2, 0.25) is 0 Å². The number of nitrogens with zero attached hydrogens (tertiary/aromatic N) is 4. The molecule has 6 nitrogen and oxygen atoms in total. The van der Waals surface area contributed by atoms with Gasteiger partial charge in [-0.1, -0.05) is 56.6 Å². The zero-order valence-electron chi connectivity index (χ0n) is 18.6. The lowest BCUT2D eigenvalue weighted by atomic mass is 10.0. The van der Waals surface area contributed by atoms with Crippen molar-refractivity contribution >= 4 is 46.1 Å².